The number of nitrogens with one attached hydrogen (secondary N) is 1. The molecule has 0 aromatic carbocycles. The average molecular weight is 330 g/mol. The first-order valence-electron chi connectivity index (χ1n) is 9.58. The third-order valence-electron chi connectivity index (χ3n) is 5.88. The summed E-state index contributed by atoms with van der Waals surface area (Å²) < 4.78 is 6.03. The quantitative estimate of drug-likeness (QED) is 0.919. The molecule has 1 N–H and O–H groups in total. The van der Waals surface area contributed by atoms with Crippen molar-refractivity contribution in [1.82, 2.24) is 14.8 Å². The summed E-state index contributed by atoms with van der Waals surface area (Å²) in [5.74, 6) is 0.765. The minimum absolute atomic E-state index is 0.319. The van der Waals surface area contributed by atoms with Crippen molar-refractivity contribution in [1.29, 1.82) is 0 Å². The maximum atomic E-state index is 6.03. The highest BCUT2D eigenvalue weighted by Crippen LogP contribution is 2.28. The topological polar surface area (TPSA) is 40.6 Å². The van der Waals surface area contributed by atoms with E-state index in [0.29, 0.717) is 12.1 Å². The largest absolute Gasteiger partial charge is 0.474 e. The van der Waals surface area contributed by atoms with Gasteiger partial charge in [-0.15, -0.1) is 0 Å². The molecule has 0 amide bonds. The first-order valence-corrected chi connectivity index (χ1v) is 9.58. The number of piperidine rings is 2. The van der Waals surface area contributed by atoms with E-state index < -0.39 is 0 Å². The van der Waals surface area contributed by atoms with E-state index in [0.717, 1.165) is 43.5 Å². The van der Waals surface area contributed by atoms with Gasteiger partial charge in [0.1, 0.15) is 6.10 Å². The first-order chi connectivity index (χ1) is 11.8. The molecule has 4 heterocycles. The molecule has 0 unspecified atom stereocenters. The number of hydrogen-bond donors (Lipinski definition) is 1. The van der Waals surface area contributed by atoms with Crippen LogP contribution in [-0.4, -0.2) is 66.2 Å². The van der Waals surface area contributed by atoms with Gasteiger partial charge in [0.05, 0.1) is 11.9 Å². The molecule has 3 aliphatic heterocycles. The van der Waals surface area contributed by atoms with Gasteiger partial charge < -0.3 is 19.9 Å². The number of hydrogen-bond acceptors (Lipinski definition) is 5. The van der Waals surface area contributed by atoms with Crippen molar-refractivity contribution < 1.29 is 4.74 Å². The Morgan fingerprint density at radius 1 is 1.08 bits per heavy atom. The zero-order valence-electron chi connectivity index (χ0n) is 14.8. The van der Waals surface area contributed by atoms with Gasteiger partial charge in [0.25, 0.3) is 0 Å². The molecule has 2 atom stereocenters. The fourth-order valence-electron chi connectivity index (χ4n) is 4.40. The van der Waals surface area contributed by atoms with Crippen LogP contribution in [0.15, 0.2) is 18.3 Å². The summed E-state index contributed by atoms with van der Waals surface area (Å²) >= 11 is 0. The number of pyridine rings is 1. The van der Waals surface area contributed by atoms with Gasteiger partial charge in [0.2, 0.25) is 5.88 Å². The molecule has 0 radical (unpaired) electrons. The van der Waals surface area contributed by atoms with Crippen LogP contribution in [0.5, 0.6) is 5.88 Å². The van der Waals surface area contributed by atoms with E-state index in [4.69, 9.17) is 4.74 Å². The molecule has 0 aliphatic carbocycles. The molecule has 0 saturated carbocycles. The maximum absolute atomic E-state index is 6.03. The lowest BCUT2D eigenvalue weighted by molar-refractivity contribution is 0.110. The van der Waals surface area contributed by atoms with Gasteiger partial charge in [0.15, 0.2) is 0 Å². The summed E-state index contributed by atoms with van der Waals surface area (Å²) in [5.41, 5.74) is 1.13. The third-order valence-corrected chi connectivity index (χ3v) is 5.88. The second-order valence-electron chi connectivity index (χ2n) is 7.70. The number of ether oxygens (including phenoxy) is 1. The van der Waals surface area contributed by atoms with E-state index in [1.807, 2.05) is 12.3 Å². The van der Waals surface area contributed by atoms with Crippen LogP contribution < -0.4 is 10.1 Å². The number of likely N-dealkylation sites (tertiary alicyclic amines) is 1. The predicted molar refractivity (Wildman–Crippen MR) is 96.6 cm³/mol. The van der Waals surface area contributed by atoms with E-state index in [2.05, 4.69) is 33.2 Å². The van der Waals surface area contributed by atoms with E-state index in [-0.39, 0.29) is 0 Å². The van der Waals surface area contributed by atoms with Gasteiger partial charge in [-0.25, -0.2) is 4.98 Å². The van der Waals surface area contributed by atoms with Crippen LogP contribution in [0.4, 0.5) is 5.69 Å². The van der Waals surface area contributed by atoms with Gasteiger partial charge in [0, 0.05) is 37.8 Å². The molecule has 3 saturated heterocycles. The van der Waals surface area contributed by atoms with Crippen molar-refractivity contribution in [3.8, 4) is 5.88 Å². The van der Waals surface area contributed by atoms with Crippen molar-refractivity contribution in [2.24, 2.45) is 0 Å². The lowest BCUT2D eigenvalue weighted by Crippen LogP contribution is -2.42. The maximum Gasteiger partial charge on any atom is 0.213 e. The standard InChI is InChI=1S/C19H30N4O/c1-22-10-7-18(8-11-22)24-19-5-4-16(14-20-19)21-15-6-12-23-9-2-3-17(23)13-15/h4-5,14-15,17-18,21H,2-3,6-13H2,1H3/t15-,17+/m1/s1. The predicted octanol–water partition coefficient (Wildman–Crippen LogP) is 2.59. The van der Waals surface area contributed by atoms with Crippen LogP contribution in [0.1, 0.15) is 38.5 Å². The minimum atomic E-state index is 0.319. The van der Waals surface area contributed by atoms with Crippen molar-refractivity contribution in [2.45, 2.75) is 56.7 Å². The molecule has 3 aliphatic rings. The molecule has 3 fully saturated rings. The first kappa shape index (κ1) is 16.2. The number of fused-ring (bicyclic) bond motifs is 1. The molecule has 0 spiro atoms. The number of aromatic nitrogens is 1. The van der Waals surface area contributed by atoms with E-state index in [1.165, 1.54) is 38.8 Å². The van der Waals surface area contributed by atoms with Crippen LogP contribution in [0.25, 0.3) is 0 Å². The Hall–Kier alpha value is -1.33. The van der Waals surface area contributed by atoms with Gasteiger partial charge in [-0.2, -0.15) is 0 Å². The summed E-state index contributed by atoms with van der Waals surface area (Å²) in [7, 11) is 2.17. The fourth-order valence-corrected chi connectivity index (χ4v) is 4.40. The Kier molecular flexibility index (Phi) is 4.90. The molecular weight excluding hydrogens is 300 g/mol. The smallest absolute Gasteiger partial charge is 0.213 e. The van der Waals surface area contributed by atoms with Crippen LogP contribution in [-0.2, 0) is 0 Å². The van der Waals surface area contributed by atoms with Crippen molar-refractivity contribution in [3.05, 3.63) is 18.3 Å². The number of rotatable bonds is 4. The Morgan fingerprint density at radius 3 is 2.75 bits per heavy atom. The summed E-state index contributed by atoms with van der Waals surface area (Å²) in [6.07, 6.45) is 9.71. The molecule has 0 bridgehead atoms. The van der Waals surface area contributed by atoms with Crippen molar-refractivity contribution >= 4 is 5.69 Å². The number of nitrogens with zero attached hydrogens (tertiary/aromatic N) is 3. The van der Waals surface area contributed by atoms with Gasteiger partial charge >= 0.3 is 0 Å². The van der Waals surface area contributed by atoms with Gasteiger partial charge in [-0.05, 0) is 58.2 Å². The summed E-state index contributed by atoms with van der Waals surface area (Å²) in [6, 6.07) is 5.53. The Morgan fingerprint density at radius 2 is 1.96 bits per heavy atom. The van der Waals surface area contributed by atoms with Crippen molar-refractivity contribution in [3.63, 3.8) is 0 Å². The fraction of sp³-hybridized carbons (Fsp3) is 0.737. The molecule has 5 nitrogen and oxygen atoms in total. The van der Waals surface area contributed by atoms with Crippen LogP contribution in [0, 0.1) is 0 Å². The Bertz CT molecular complexity index is 527. The SMILES string of the molecule is CN1CCC(Oc2ccc(N[C@@H]3CCN4CCC[C@H]4C3)cn2)CC1. The molecule has 24 heavy (non-hydrogen) atoms. The van der Waals surface area contributed by atoms with Gasteiger partial charge in [-0.1, -0.05) is 0 Å². The molecule has 1 aromatic heterocycles. The highest BCUT2D eigenvalue weighted by atomic mass is 16.5. The highest BCUT2D eigenvalue weighted by molar-refractivity contribution is 5.43. The van der Waals surface area contributed by atoms with Crippen LogP contribution >= 0.6 is 0 Å². The number of anilines is 1. The molecule has 5 heteroatoms. The minimum Gasteiger partial charge on any atom is -0.474 e. The normalized spacial score (nSPS) is 29.4. The second-order valence-corrected chi connectivity index (χ2v) is 7.70. The monoisotopic (exact) mass is 330 g/mol. The second kappa shape index (κ2) is 7.28. The lowest BCUT2D eigenvalue weighted by atomic mass is 9.97. The lowest BCUT2D eigenvalue weighted by Gasteiger charge is -2.35. The van der Waals surface area contributed by atoms with Crippen molar-refractivity contribution in [2.75, 3.05) is 38.5 Å². The third kappa shape index (κ3) is 3.83. The summed E-state index contributed by atoms with van der Waals surface area (Å²) in [4.78, 5) is 9.53. The molecule has 1 aromatic rings. The van der Waals surface area contributed by atoms with Crippen LogP contribution in [0.3, 0.4) is 0 Å². The zero-order chi connectivity index (χ0) is 16.4. The summed E-state index contributed by atoms with van der Waals surface area (Å²) in [5, 5.41) is 3.68. The average Bonchev–Trinajstić information content (AvgIpc) is 3.06. The Balaban J connectivity index is 1.28. The zero-order valence-corrected chi connectivity index (χ0v) is 14.8. The van der Waals surface area contributed by atoms with Crippen LogP contribution in [0.2, 0.25) is 0 Å². The van der Waals surface area contributed by atoms with Gasteiger partial charge in [-0.3, -0.25) is 0 Å². The van der Waals surface area contributed by atoms with E-state index in [1.54, 1.807) is 0 Å². The van der Waals surface area contributed by atoms with E-state index >= 15 is 0 Å². The molecular formula is C19H30N4O. The molecule has 4 rings (SSSR count). The molecule has 132 valence electrons. The Labute approximate surface area is 145 Å². The van der Waals surface area contributed by atoms with E-state index in [9.17, 15) is 0 Å². The highest BCUT2D eigenvalue weighted by Gasteiger charge is 2.31. The summed E-state index contributed by atoms with van der Waals surface area (Å²) in [6.45, 7) is 4.78.